The first-order valence-corrected chi connectivity index (χ1v) is 12.3. The lowest BCUT2D eigenvalue weighted by molar-refractivity contribution is -0.119. The average Bonchev–Trinajstić information content (AvgIpc) is 2.76. The molecule has 0 aliphatic carbocycles. The van der Waals surface area contributed by atoms with Gasteiger partial charge in [-0.25, -0.2) is 13.2 Å². The lowest BCUT2D eigenvalue weighted by Gasteiger charge is -2.12. The number of anilines is 2. The van der Waals surface area contributed by atoms with Crippen LogP contribution in [-0.4, -0.2) is 26.9 Å². The summed E-state index contributed by atoms with van der Waals surface area (Å²) in [6, 6.07) is 15.8. The van der Waals surface area contributed by atoms with E-state index in [1.54, 1.807) is 30.3 Å². The third-order valence-corrected chi connectivity index (χ3v) is 6.80. The summed E-state index contributed by atoms with van der Waals surface area (Å²) in [7, 11) is -3.99. The molecular weight excluding hydrogens is 532 g/mol. The predicted octanol–water partition coefficient (Wildman–Crippen LogP) is 5.32. The fraction of sp³-hybridized carbons (Fsp3) is 0.130. The number of ether oxygens (including phenoxy) is 1. The van der Waals surface area contributed by atoms with Crippen LogP contribution >= 0.6 is 27.5 Å². The molecule has 0 spiro atoms. The van der Waals surface area contributed by atoms with Gasteiger partial charge in [0.15, 0.2) is 6.61 Å². The van der Waals surface area contributed by atoms with E-state index in [4.69, 9.17) is 16.3 Å². The fourth-order valence-corrected chi connectivity index (χ4v) is 4.37. The third-order valence-electron chi connectivity index (χ3n) is 4.57. The summed E-state index contributed by atoms with van der Waals surface area (Å²) in [6.07, 6.45) is 0. The maximum Gasteiger partial charge on any atom is 0.340 e. The minimum absolute atomic E-state index is 0.00229. The van der Waals surface area contributed by atoms with Crippen molar-refractivity contribution in [1.29, 1.82) is 0 Å². The van der Waals surface area contributed by atoms with Crippen LogP contribution in [0.1, 0.15) is 21.5 Å². The fourth-order valence-electron chi connectivity index (χ4n) is 2.83. The molecule has 0 aliphatic heterocycles. The van der Waals surface area contributed by atoms with Gasteiger partial charge in [-0.15, -0.1) is 0 Å². The second-order valence-corrected chi connectivity index (χ2v) is 10.2. The minimum atomic E-state index is -3.99. The Kier molecular flexibility index (Phi) is 7.78. The summed E-state index contributed by atoms with van der Waals surface area (Å²) in [5, 5.41) is 2.68. The summed E-state index contributed by atoms with van der Waals surface area (Å²) >= 11 is 9.36. The maximum absolute atomic E-state index is 12.7. The largest absolute Gasteiger partial charge is 0.452 e. The number of hydrogen-bond acceptors (Lipinski definition) is 5. The van der Waals surface area contributed by atoms with Crippen LogP contribution in [0, 0.1) is 13.8 Å². The number of carbonyl (C=O) groups excluding carboxylic acids is 2. The second kappa shape index (κ2) is 10.4. The van der Waals surface area contributed by atoms with Crippen LogP contribution in [0.25, 0.3) is 0 Å². The first-order valence-electron chi connectivity index (χ1n) is 9.67. The third kappa shape index (κ3) is 6.56. The van der Waals surface area contributed by atoms with Crippen LogP contribution in [0.15, 0.2) is 70.0 Å². The van der Waals surface area contributed by atoms with E-state index in [2.05, 4.69) is 26.0 Å². The molecule has 10 heteroatoms. The van der Waals surface area contributed by atoms with E-state index in [1.807, 2.05) is 26.0 Å². The SMILES string of the molecule is Cc1ccc(C)c(NC(=O)COC(=O)c2cc(S(=O)(=O)Nc3ccc(Br)cc3)ccc2Cl)c1. The smallest absolute Gasteiger partial charge is 0.340 e. The molecule has 0 saturated heterocycles. The van der Waals surface area contributed by atoms with Gasteiger partial charge in [0, 0.05) is 15.8 Å². The van der Waals surface area contributed by atoms with Gasteiger partial charge in [-0.2, -0.15) is 0 Å². The summed E-state index contributed by atoms with van der Waals surface area (Å²) < 4.78 is 33.7. The lowest BCUT2D eigenvalue weighted by atomic mass is 10.1. The second-order valence-electron chi connectivity index (χ2n) is 7.20. The molecule has 0 fully saturated rings. The lowest BCUT2D eigenvalue weighted by Crippen LogP contribution is -2.22. The molecule has 3 rings (SSSR count). The van der Waals surface area contributed by atoms with Gasteiger partial charge in [-0.1, -0.05) is 39.7 Å². The number of benzene rings is 3. The van der Waals surface area contributed by atoms with Crippen molar-refractivity contribution >= 4 is 60.8 Å². The Morgan fingerprint density at radius 2 is 1.70 bits per heavy atom. The minimum Gasteiger partial charge on any atom is -0.452 e. The number of hydrogen-bond donors (Lipinski definition) is 2. The van der Waals surface area contributed by atoms with E-state index < -0.39 is 28.5 Å². The highest BCUT2D eigenvalue weighted by Crippen LogP contribution is 2.24. The molecule has 0 radical (unpaired) electrons. The summed E-state index contributed by atoms with van der Waals surface area (Å²) in [5.74, 6) is -1.45. The number of carbonyl (C=O) groups is 2. The topological polar surface area (TPSA) is 102 Å². The average molecular weight is 552 g/mol. The molecule has 0 aliphatic rings. The molecule has 172 valence electrons. The first kappa shape index (κ1) is 24.8. The van der Waals surface area contributed by atoms with E-state index in [0.717, 1.165) is 21.7 Å². The standard InChI is InChI=1S/C23H20BrClN2O5S/c1-14-3-4-15(2)21(11-14)26-22(28)13-32-23(29)19-12-18(9-10-20(19)25)33(30,31)27-17-7-5-16(24)6-8-17/h3-12,27H,13H2,1-2H3,(H,26,28). The maximum atomic E-state index is 12.7. The Morgan fingerprint density at radius 3 is 2.39 bits per heavy atom. The Hall–Kier alpha value is -2.88. The zero-order valence-electron chi connectivity index (χ0n) is 17.7. The number of sulfonamides is 1. The molecule has 0 heterocycles. The van der Waals surface area contributed by atoms with Gasteiger partial charge in [0.05, 0.1) is 15.5 Å². The number of nitrogens with one attached hydrogen (secondary N) is 2. The van der Waals surface area contributed by atoms with Crippen LogP contribution in [0.5, 0.6) is 0 Å². The van der Waals surface area contributed by atoms with Gasteiger partial charge in [-0.3, -0.25) is 9.52 Å². The normalized spacial score (nSPS) is 11.0. The van der Waals surface area contributed by atoms with Crippen molar-refractivity contribution in [2.45, 2.75) is 18.7 Å². The Bertz CT molecular complexity index is 1310. The van der Waals surface area contributed by atoms with Crippen LogP contribution in [-0.2, 0) is 19.6 Å². The molecular formula is C23H20BrClN2O5S. The van der Waals surface area contributed by atoms with E-state index in [1.165, 1.54) is 12.1 Å². The number of halogens is 2. The molecule has 3 aromatic rings. The zero-order valence-corrected chi connectivity index (χ0v) is 20.8. The molecule has 33 heavy (non-hydrogen) atoms. The van der Waals surface area contributed by atoms with Crippen molar-refractivity contribution in [2.75, 3.05) is 16.6 Å². The Morgan fingerprint density at radius 1 is 1.00 bits per heavy atom. The molecule has 2 N–H and O–H groups in total. The molecule has 7 nitrogen and oxygen atoms in total. The van der Waals surface area contributed by atoms with Crippen LogP contribution in [0.2, 0.25) is 5.02 Å². The van der Waals surface area contributed by atoms with Crippen LogP contribution in [0.3, 0.4) is 0 Å². The van der Waals surface area contributed by atoms with Gasteiger partial charge in [0.2, 0.25) is 0 Å². The molecule has 1 amide bonds. The predicted molar refractivity (Wildman–Crippen MR) is 131 cm³/mol. The highest BCUT2D eigenvalue weighted by Gasteiger charge is 2.20. The molecule has 0 unspecified atom stereocenters. The van der Waals surface area contributed by atoms with Gasteiger partial charge in [0.25, 0.3) is 15.9 Å². The quantitative estimate of drug-likeness (QED) is 0.387. The molecule has 3 aromatic carbocycles. The zero-order chi connectivity index (χ0) is 24.2. The highest BCUT2D eigenvalue weighted by molar-refractivity contribution is 9.10. The molecule has 0 atom stereocenters. The first-order chi connectivity index (χ1) is 15.5. The Labute approximate surface area is 205 Å². The monoisotopic (exact) mass is 550 g/mol. The van der Waals surface area contributed by atoms with Gasteiger partial charge >= 0.3 is 5.97 Å². The van der Waals surface area contributed by atoms with E-state index in [-0.39, 0.29) is 15.5 Å². The van der Waals surface area contributed by atoms with Crippen molar-refractivity contribution in [3.8, 4) is 0 Å². The number of amides is 1. The number of esters is 1. The van der Waals surface area contributed by atoms with Crippen molar-refractivity contribution in [2.24, 2.45) is 0 Å². The highest BCUT2D eigenvalue weighted by atomic mass is 79.9. The van der Waals surface area contributed by atoms with Crippen LogP contribution < -0.4 is 10.0 Å². The van der Waals surface area contributed by atoms with Gasteiger partial charge < -0.3 is 10.1 Å². The van der Waals surface area contributed by atoms with Crippen LogP contribution in [0.4, 0.5) is 11.4 Å². The summed E-state index contributed by atoms with van der Waals surface area (Å²) in [4.78, 5) is 24.6. The van der Waals surface area contributed by atoms with Crippen molar-refractivity contribution in [3.63, 3.8) is 0 Å². The summed E-state index contributed by atoms with van der Waals surface area (Å²) in [6.45, 7) is 3.18. The van der Waals surface area contributed by atoms with E-state index in [9.17, 15) is 18.0 Å². The Balaban J connectivity index is 1.70. The van der Waals surface area contributed by atoms with Crippen molar-refractivity contribution < 1.29 is 22.7 Å². The molecule has 0 bridgehead atoms. The number of rotatable bonds is 7. The van der Waals surface area contributed by atoms with E-state index in [0.29, 0.717) is 11.4 Å². The van der Waals surface area contributed by atoms with E-state index >= 15 is 0 Å². The van der Waals surface area contributed by atoms with Crippen molar-refractivity contribution in [3.05, 3.63) is 86.8 Å². The van der Waals surface area contributed by atoms with Crippen molar-refractivity contribution in [1.82, 2.24) is 0 Å². The summed E-state index contributed by atoms with van der Waals surface area (Å²) in [5.41, 5.74) is 2.62. The van der Waals surface area contributed by atoms with Gasteiger partial charge in [0.1, 0.15) is 0 Å². The molecule has 0 aromatic heterocycles. The van der Waals surface area contributed by atoms with Gasteiger partial charge in [-0.05, 0) is 73.5 Å². The number of aryl methyl sites for hydroxylation is 2. The molecule has 0 saturated carbocycles.